The molecule has 0 aliphatic carbocycles. The quantitative estimate of drug-likeness (QED) is 0.754. The summed E-state index contributed by atoms with van der Waals surface area (Å²) >= 11 is 0. The van der Waals surface area contributed by atoms with Gasteiger partial charge in [0.15, 0.2) is 0 Å². The molecule has 0 bridgehead atoms. The topological polar surface area (TPSA) is 21.1 Å². The fourth-order valence-corrected chi connectivity index (χ4v) is 2.31. The van der Waals surface area contributed by atoms with Crippen molar-refractivity contribution < 1.29 is 0 Å². The lowest BCUT2D eigenvalue weighted by molar-refractivity contribution is 0.398. The lowest BCUT2D eigenvalue weighted by Crippen LogP contribution is -2.20. The van der Waals surface area contributed by atoms with Crippen molar-refractivity contribution in [2.75, 3.05) is 20.6 Å². The standard InChI is InChI=1S/C12H21N3/c1-10-5-4-7-15-11(10)9-13-12(15)6-8-14(2)3/h9-10H,4-8H2,1-3H3. The summed E-state index contributed by atoms with van der Waals surface area (Å²) in [5.74, 6) is 1.96. The van der Waals surface area contributed by atoms with Crippen molar-refractivity contribution in [2.45, 2.75) is 38.6 Å². The average Bonchev–Trinajstić information content (AvgIpc) is 2.59. The van der Waals surface area contributed by atoms with Gasteiger partial charge < -0.3 is 9.47 Å². The van der Waals surface area contributed by atoms with Crippen molar-refractivity contribution in [3.05, 3.63) is 17.7 Å². The Labute approximate surface area is 92.1 Å². The largest absolute Gasteiger partial charge is 0.332 e. The summed E-state index contributed by atoms with van der Waals surface area (Å²) in [6, 6.07) is 0. The van der Waals surface area contributed by atoms with E-state index in [4.69, 9.17) is 0 Å². The van der Waals surface area contributed by atoms with Crippen molar-refractivity contribution >= 4 is 0 Å². The Morgan fingerprint density at radius 2 is 2.33 bits per heavy atom. The Kier molecular flexibility index (Phi) is 3.10. The van der Waals surface area contributed by atoms with Crippen molar-refractivity contribution in [3.8, 4) is 0 Å². The molecule has 0 fully saturated rings. The second-order valence-corrected chi connectivity index (χ2v) is 4.85. The Hall–Kier alpha value is -0.830. The van der Waals surface area contributed by atoms with Crippen molar-refractivity contribution in [3.63, 3.8) is 0 Å². The van der Waals surface area contributed by atoms with Gasteiger partial charge in [-0.3, -0.25) is 0 Å². The van der Waals surface area contributed by atoms with Gasteiger partial charge in [-0.25, -0.2) is 4.98 Å². The van der Waals surface area contributed by atoms with Crippen LogP contribution in [0.1, 0.15) is 37.2 Å². The van der Waals surface area contributed by atoms with Crippen LogP contribution < -0.4 is 0 Å². The predicted molar refractivity (Wildman–Crippen MR) is 62.1 cm³/mol. The lowest BCUT2D eigenvalue weighted by atomic mass is 9.99. The molecule has 1 aliphatic heterocycles. The summed E-state index contributed by atoms with van der Waals surface area (Å²) in [7, 11) is 4.23. The second-order valence-electron chi connectivity index (χ2n) is 4.85. The molecule has 0 spiro atoms. The SMILES string of the molecule is CC1CCCn2c1cnc2CCN(C)C. The summed E-state index contributed by atoms with van der Waals surface area (Å²) in [5, 5.41) is 0. The van der Waals surface area contributed by atoms with Crippen molar-refractivity contribution in [2.24, 2.45) is 0 Å². The fourth-order valence-electron chi connectivity index (χ4n) is 2.31. The smallest absolute Gasteiger partial charge is 0.110 e. The van der Waals surface area contributed by atoms with E-state index < -0.39 is 0 Å². The molecule has 1 unspecified atom stereocenters. The minimum absolute atomic E-state index is 0.694. The van der Waals surface area contributed by atoms with Crippen LogP contribution >= 0.6 is 0 Å². The number of aromatic nitrogens is 2. The van der Waals surface area contributed by atoms with E-state index in [2.05, 4.69) is 41.7 Å². The molecule has 0 aromatic carbocycles. The third kappa shape index (κ3) is 2.23. The van der Waals surface area contributed by atoms with Crippen LogP contribution in [0.25, 0.3) is 0 Å². The highest BCUT2D eigenvalue weighted by Crippen LogP contribution is 2.27. The normalized spacial score (nSPS) is 20.7. The molecule has 15 heavy (non-hydrogen) atoms. The van der Waals surface area contributed by atoms with Crippen LogP contribution in [0.15, 0.2) is 6.20 Å². The third-order valence-corrected chi connectivity index (χ3v) is 3.28. The van der Waals surface area contributed by atoms with Gasteiger partial charge in [-0.05, 0) is 32.9 Å². The van der Waals surface area contributed by atoms with Crippen molar-refractivity contribution in [1.29, 1.82) is 0 Å². The first-order valence-corrected chi connectivity index (χ1v) is 5.87. The number of likely N-dealkylation sites (N-methyl/N-ethyl adjacent to an activating group) is 1. The van der Waals surface area contributed by atoms with Crippen LogP contribution in [0, 0.1) is 0 Å². The highest BCUT2D eigenvalue weighted by Gasteiger charge is 2.19. The van der Waals surface area contributed by atoms with Gasteiger partial charge in [-0.15, -0.1) is 0 Å². The maximum absolute atomic E-state index is 4.56. The Bertz CT molecular complexity index is 328. The zero-order chi connectivity index (χ0) is 10.8. The number of rotatable bonds is 3. The zero-order valence-corrected chi connectivity index (χ0v) is 10.0. The maximum atomic E-state index is 4.56. The van der Waals surface area contributed by atoms with Gasteiger partial charge in [-0.1, -0.05) is 6.92 Å². The van der Waals surface area contributed by atoms with E-state index in [-0.39, 0.29) is 0 Å². The monoisotopic (exact) mass is 207 g/mol. The molecule has 1 aliphatic rings. The maximum Gasteiger partial charge on any atom is 0.110 e. The average molecular weight is 207 g/mol. The molecule has 84 valence electrons. The highest BCUT2D eigenvalue weighted by atomic mass is 15.1. The highest BCUT2D eigenvalue weighted by molar-refractivity contribution is 5.12. The minimum atomic E-state index is 0.694. The number of nitrogens with zero attached hydrogens (tertiary/aromatic N) is 3. The van der Waals surface area contributed by atoms with Crippen LogP contribution in [-0.2, 0) is 13.0 Å². The number of hydrogen-bond donors (Lipinski definition) is 0. The van der Waals surface area contributed by atoms with Gasteiger partial charge in [0.1, 0.15) is 5.82 Å². The number of imidazole rings is 1. The Morgan fingerprint density at radius 3 is 3.07 bits per heavy atom. The molecule has 2 heterocycles. The zero-order valence-electron chi connectivity index (χ0n) is 10.0. The summed E-state index contributed by atoms with van der Waals surface area (Å²) in [5.41, 5.74) is 1.44. The molecule has 0 amide bonds. The predicted octanol–water partition coefficient (Wildman–Crippen LogP) is 1.88. The van der Waals surface area contributed by atoms with E-state index in [1.807, 2.05) is 0 Å². The van der Waals surface area contributed by atoms with Gasteiger partial charge in [0, 0.05) is 31.4 Å². The molecule has 1 atom stereocenters. The van der Waals surface area contributed by atoms with E-state index in [0.29, 0.717) is 5.92 Å². The molecular formula is C12H21N3. The summed E-state index contributed by atoms with van der Waals surface area (Å²) < 4.78 is 2.43. The summed E-state index contributed by atoms with van der Waals surface area (Å²) in [4.78, 5) is 6.77. The van der Waals surface area contributed by atoms with Crippen LogP contribution in [0.4, 0.5) is 0 Å². The molecule has 1 aromatic heterocycles. The van der Waals surface area contributed by atoms with E-state index >= 15 is 0 Å². The van der Waals surface area contributed by atoms with Crippen molar-refractivity contribution in [1.82, 2.24) is 14.5 Å². The molecule has 0 radical (unpaired) electrons. The Balaban J connectivity index is 2.12. The first-order valence-electron chi connectivity index (χ1n) is 5.87. The molecule has 3 heteroatoms. The fraction of sp³-hybridized carbons (Fsp3) is 0.750. The van der Waals surface area contributed by atoms with E-state index in [1.54, 1.807) is 0 Å². The van der Waals surface area contributed by atoms with Crippen LogP contribution in [0.3, 0.4) is 0 Å². The van der Waals surface area contributed by atoms with Crippen LogP contribution in [0.2, 0.25) is 0 Å². The molecular weight excluding hydrogens is 186 g/mol. The number of hydrogen-bond acceptors (Lipinski definition) is 2. The van der Waals surface area contributed by atoms with E-state index in [9.17, 15) is 0 Å². The molecule has 1 aromatic rings. The van der Waals surface area contributed by atoms with Crippen LogP contribution in [0.5, 0.6) is 0 Å². The third-order valence-electron chi connectivity index (χ3n) is 3.28. The van der Waals surface area contributed by atoms with E-state index in [0.717, 1.165) is 13.0 Å². The van der Waals surface area contributed by atoms with Gasteiger partial charge in [0.25, 0.3) is 0 Å². The molecule has 3 nitrogen and oxygen atoms in total. The van der Waals surface area contributed by atoms with Gasteiger partial charge in [0.2, 0.25) is 0 Å². The molecule has 0 N–H and O–H groups in total. The van der Waals surface area contributed by atoms with Crippen LogP contribution in [-0.4, -0.2) is 35.1 Å². The van der Waals surface area contributed by atoms with Gasteiger partial charge >= 0.3 is 0 Å². The molecule has 2 rings (SSSR count). The first kappa shape index (κ1) is 10.7. The lowest BCUT2D eigenvalue weighted by Gasteiger charge is -2.22. The molecule has 0 saturated carbocycles. The van der Waals surface area contributed by atoms with Gasteiger partial charge in [0.05, 0.1) is 0 Å². The summed E-state index contributed by atoms with van der Waals surface area (Å²) in [6.45, 7) is 4.57. The number of fused-ring (bicyclic) bond motifs is 1. The molecule has 0 saturated heterocycles. The minimum Gasteiger partial charge on any atom is -0.332 e. The second kappa shape index (κ2) is 4.35. The van der Waals surface area contributed by atoms with Gasteiger partial charge in [-0.2, -0.15) is 0 Å². The summed E-state index contributed by atoms with van der Waals surface area (Å²) in [6.07, 6.45) is 5.77. The Morgan fingerprint density at radius 1 is 1.53 bits per heavy atom. The first-order chi connectivity index (χ1) is 7.18. The van der Waals surface area contributed by atoms with E-state index in [1.165, 1.54) is 30.9 Å².